The van der Waals surface area contributed by atoms with Crippen molar-refractivity contribution in [3.63, 3.8) is 0 Å². The van der Waals surface area contributed by atoms with Gasteiger partial charge in [0.05, 0.1) is 10.3 Å². The Labute approximate surface area is 143 Å². The summed E-state index contributed by atoms with van der Waals surface area (Å²) in [4.78, 5) is 27.0. The number of aliphatic carboxylic acids is 1. The Balaban J connectivity index is 1.92. The van der Waals surface area contributed by atoms with Gasteiger partial charge in [0.15, 0.2) is 6.04 Å². The molecule has 4 nitrogen and oxygen atoms in total. The van der Waals surface area contributed by atoms with Crippen LogP contribution < -0.4 is 0 Å². The first kappa shape index (κ1) is 16.0. The van der Waals surface area contributed by atoms with Crippen LogP contribution in [0.4, 0.5) is 0 Å². The van der Waals surface area contributed by atoms with Gasteiger partial charge >= 0.3 is 5.97 Å². The third-order valence-corrected chi connectivity index (χ3v) is 5.61. The van der Waals surface area contributed by atoms with Crippen molar-refractivity contribution in [3.8, 4) is 0 Å². The highest BCUT2D eigenvalue weighted by Crippen LogP contribution is 2.35. The fraction of sp³-hybridized carbons (Fsp3) is 0.294. The maximum atomic E-state index is 12.9. The molecule has 2 aromatic rings. The second kappa shape index (κ2) is 6.34. The third-order valence-electron chi connectivity index (χ3n) is 4.19. The lowest BCUT2D eigenvalue weighted by atomic mass is 9.91. The number of thiophene rings is 1. The van der Waals surface area contributed by atoms with Crippen LogP contribution in [-0.4, -0.2) is 28.4 Å². The number of fused-ring (bicyclic) bond motifs is 1. The molecule has 3 rings (SSSR count). The molecule has 1 amide bonds. The first-order valence-electron chi connectivity index (χ1n) is 7.35. The van der Waals surface area contributed by atoms with Gasteiger partial charge in [0.25, 0.3) is 0 Å². The quantitative estimate of drug-likeness (QED) is 0.918. The van der Waals surface area contributed by atoms with E-state index in [4.69, 9.17) is 11.6 Å². The van der Waals surface area contributed by atoms with Crippen molar-refractivity contribution in [1.82, 2.24) is 4.90 Å². The average Bonchev–Trinajstić information content (AvgIpc) is 2.98. The average molecular weight is 350 g/mol. The van der Waals surface area contributed by atoms with Crippen molar-refractivity contribution < 1.29 is 14.7 Å². The summed E-state index contributed by atoms with van der Waals surface area (Å²) in [5, 5.41) is 9.65. The first-order chi connectivity index (χ1) is 11.0. The Morgan fingerprint density at radius 1 is 1.30 bits per heavy atom. The maximum Gasteiger partial charge on any atom is 0.331 e. The number of benzene rings is 1. The van der Waals surface area contributed by atoms with E-state index in [9.17, 15) is 14.7 Å². The van der Waals surface area contributed by atoms with Gasteiger partial charge in [-0.3, -0.25) is 4.79 Å². The topological polar surface area (TPSA) is 57.6 Å². The Morgan fingerprint density at radius 3 is 2.70 bits per heavy atom. The summed E-state index contributed by atoms with van der Waals surface area (Å²) < 4.78 is 0.624. The Bertz CT molecular complexity index is 758. The van der Waals surface area contributed by atoms with Crippen LogP contribution in [0.5, 0.6) is 0 Å². The monoisotopic (exact) mass is 349 g/mol. The molecule has 2 unspecified atom stereocenters. The molecular formula is C17H16ClNO3S. The molecule has 23 heavy (non-hydrogen) atoms. The molecule has 6 heteroatoms. The van der Waals surface area contributed by atoms with E-state index in [1.807, 2.05) is 24.3 Å². The number of hydrogen-bond donors (Lipinski definition) is 1. The lowest BCUT2D eigenvalue weighted by molar-refractivity contribution is -0.151. The molecule has 2 atom stereocenters. The van der Waals surface area contributed by atoms with Gasteiger partial charge in [-0.25, -0.2) is 4.79 Å². The van der Waals surface area contributed by atoms with Gasteiger partial charge in [0.2, 0.25) is 5.91 Å². The zero-order chi connectivity index (χ0) is 16.6. The second-order valence-electron chi connectivity index (χ2n) is 5.58. The van der Waals surface area contributed by atoms with Crippen LogP contribution in [0.1, 0.15) is 34.9 Å². The minimum absolute atomic E-state index is 0.176. The normalized spacial score (nSPS) is 18.3. The number of carbonyl (C=O) groups excluding carboxylic acids is 1. The van der Waals surface area contributed by atoms with Crippen molar-refractivity contribution in [2.24, 2.45) is 0 Å². The summed E-state index contributed by atoms with van der Waals surface area (Å²) >= 11 is 7.29. The predicted molar refractivity (Wildman–Crippen MR) is 90.0 cm³/mol. The summed E-state index contributed by atoms with van der Waals surface area (Å²) in [5.41, 5.74) is 1.70. The summed E-state index contributed by atoms with van der Waals surface area (Å²) in [7, 11) is 0. The smallest absolute Gasteiger partial charge is 0.331 e. The largest absolute Gasteiger partial charge is 0.479 e. The van der Waals surface area contributed by atoms with Crippen LogP contribution in [0.3, 0.4) is 0 Å². The molecule has 1 aliphatic heterocycles. The van der Waals surface area contributed by atoms with Crippen molar-refractivity contribution >= 4 is 34.8 Å². The van der Waals surface area contributed by atoms with Gasteiger partial charge in [-0.1, -0.05) is 35.9 Å². The Morgan fingerprint density at radius 2 is 2.04 bits per heavy atom. The molecule has 0 radical (unpaired) electrons. The zero-order valence-electron chi connectivity index (χ0n) is 12.5. The van der Waals surface area contributed by atoms with Gasteiger partial charge in [0, 0.05) is 11.4 Å². The molecule has 0 saturated carbocycles. The van der Waals surface area contributed by atoms with Crippen LogP contribution in [0.25, 0.3) is 0 Å². The minimum Gasteiger partial charge on any atom is -0.479 e. The molecular weight excluding hydrogens is 334 g/mol. The van der Waals surface area contributed by atoms with Crippen molar-refractivity contribution in [1.29, 1.82) is 0 Å². The molecule has 120 valence electrons. The summed E-state index contributed by atoms with van der Waals surface area (Å²) in [5.74, 6) is -1.58. The van der Waals surface area contributed by atoms with Gasteiger partial charge in [-0.05, 0) is 36.6 Å². The molecule has 0 saturated heterocycles. The Hall–Kier alpha value is -1.85. The van der Waals surface area contributed by atoms with Crippen LogP contribution in [0, 0.1) is 0 Å². The summed E-state index contributed by atoms with van der Waals surface area (Å²) in [6, 6.07) is 10.1. The highest BCUT2D eigenvalue weighted by molar-refractivity contribution is 7.16. The molecule has 1 aliphatic rings. The third kappa shape index (κ3) is 2.99. The standard InChI is InChI=1S/C17H16ClNO3S/c1-10(13-6-7-14(18)23-13)16(20)19-9-8-11-4-2-3-5-12(11)15(19)17(21)22/h2-7,10,15H,8-9H2,1H3,(H,21,22). The fourth-order valence-electron chi connectivity index (χ4n) is 3.00. The van der Waals surface area contributed by atoms with E-state index in [0.717, 1.165) is 10.4 Å². The summed E-state index contributed by atoms with van der Waals surface area (Å²) in [6.45, 7) is 2.21. The van der Waals surface area contributed by atoms with Crippen LogP contribution in [0.2, 0.25) is 4.34 Å². The van der Waals surface area contributed by atoms with Gasteiger partial charge in [0.1, 0.15) is 0 Å². The summed E-state index contributed by atoms with van der Waals surface area (Å²) in [6.07, 6.45) is 0.670. The second-order valence-corrected chi connectivity index (χ2v) is 7.33. The number of halogens is 1. The number of rotatable bonds is 3. The van der Waals surface area contributed by atoms with E-state index >= 15 is 0 Å². The highest BCUT2D eigenvalue weighted by atomic mass is 35.5. The van der Waals surface area contributed by atoms with Crippen LogP contribution in [-0.2, 0) is 16.0 Å². The number of amides is 1. The minimum atomic E-state index is -0.998. The van der Waals surface area contributed by atoms with Gasteiger partial charge in [-0.15, -0.1) is 11.3 Å². The molecule has 0 aliphatic carbocycles. The molecule has 2 heterocycles. The number of carbonyl (C=O) groups is 2. The number of carboxylic acid groups (broad SMARTS) is 1. The molecule has 0 bridgehead atoms. The van der Waals surface area contributed by atoms with E-state index in [1.54, 1.807) is 19.1 Å². The zero-order valence-corrected chi connectivity index (χ0v) is 14.1. The van der Waals surface area contributed by atoms with Gasteiger partial charge < -0.3 is 10.0 Å². The van der Waals surface area contributed by atoms with Crippen molar-refractivity contribution in [3.05, 3.63) is 56.7 Å². The molecule has 1 aromatic heterocycles. The van der Waals surface area contributed by atoms with E-state index in [0.29, 0.717) is 22.9 Å². The molecule has 0 spiro atoms. The number of carboxylic acids is 1. The SMILES string of the molecule is CC(C(=O)N1CCc2ccccc2C1C(=O)O)c1ccc(Cl)s1. The lowest BCUT2D eigenvalue weighted by Gasteiger charge is -2.36. The van der Waals surface area contributed by atoms with E-state index in [-0.39, 0.29) is 5.91 Å². The Kier molecular flexibility index (Phi) is 4.41. The van der Waals surface area contributed by atoms with Crippen molar-refractivity contribution in [2.75, 3.05) is 6.54 Å². The molecule has 0 fully saturated rings. The molecule has 1 aromatic carbocycles. The van der Waals surface area contributed by atoms with Crippen LogP contribution in [0.15, 0.2) is 36.4 Å². The number of hydrogen-bond acceptors (Lipinski definition) is 3. The molecule has 1 N–H and O–H groups in total. The van der Waals surface area contributed by atoms with Crippen LogP contribution >= 0.6 is 22.9 Å². The van der Waals surface area contributed by atoms with E-state index < -0.39 is 17.9 Å². The number of nitrogens with zero attached hydrogens (tertiary/aromatic N) is 1. The first-order valence-corrected chi connectivity index (χ1v) is 8.55. The van der Waals surface area contributed by atoms with Gasteiger partial charge in [-0.2, -0.15) is 0 Å². The van der Waals surface area contributed by atoms with E-state index in [2.05, 4.69) is 0 Å². The maximum absolute atomic E-state index is 12.9. The van der Waals surface area contributed by atoms with E-state index in [1.165, 1.54) is 16.2 Å². The predicted octanol–water partition coefficient (Wildman–Crippen LogP) is 3.72. The lowest BCUT2D eigenvalue weighted by Crippen LogP contribution is -2.45. The van der Waals surface area contributed by atoms with Crippen molar-refractivity contribution in [2.45, 2.75) is 25.3 Å². The fourth-order valence-corrected chi connectivity index (χ4v) is 4.11. The highest BCUT2D eigenvalue weighted by Gasteiger charge is 2.37.